The maximum atomic E-state index is 5.91. The van der Waals surface area contributed by atoms with Gasteiger partial charge in [0.05, 0.1) is 12.8 Å². The minimum absolute atomic E-state index is 0.0173. The van der Waals surface area contributed by atoms with Gasteiger partial charge >= 0.3 is 0 Å². The number of aromatic nitrogens is 2. The van der Waals surface area contributed by atoms with E-state index >= 15 is 0 Å². The molecule has 0 spiro atoms. The Balaban J connectivity index is 1.69. The fourth-order valence-electron chi connectivity index (χ4n) is 2.54. The van der Waals surface area contributed by atoms with E-state index in [1.165, 1.54) is 0 Å². The lowest BCUT2D eigenvalue weighted by Crippen LogP contribution is -2.40. The molecule has 2 aromatic rings. The van der Waals surface area contributed by atoms with Crippen LogP contribution in [-0.4, -0.2) is 22.2 Å². The van der Waals surface area contributed by atoms with Gasteiger partial charge in [-0.1, -0.05) is 0 Å². The SMILES string of the molecule is Cn1ccnc1[C@H]1OCCC[C@@H]1NCc1ccco1. The lowest BCUT2D eigenvalue weighted by Gasteiger charge is -2.31. The van der Waals surface area contributed by atoms with Crippen molar-refractivity contribution in [1.29, 1.82) is 0 Å². The first-order valence-corrected chi connectivity index (χ1v) is 6.69. The smallest absolute Gasteiger partial charge is 0.139 e. The Morgan fingerprint density at radius 2 is 2.47 bits per heavy atom. The van der Waals surface area contributed by atoms with E-state index < -0.39 is 0 Å². The molecule has 0 amide bonds. The number of nitrogens with zero attached hydrogens (tertiary/aromatic N) is 2. The van der Waals surface area contributed by atoms with Crippen molar-refractivity contribution >= 4 is 0 Å². The molecule has 0 saturated carbocycles. The molecule has 0 aliphatic carbocycles. The van der Waals surface area contributed by atoms with Crippen LogP contribution < -0.4 is 5.32 Å². The van der Waals surface area contributed by atoms with Crippen LogP contribution in [0.1, 0.15) is 30.5 Å². The summed E-state index contributed by atoms with van der Waals surface area (Å²) >= 11 is 0. The monoisotopic (exact) mass is 261 g/mol. The molecule has 3 rings (SSSR count). The normalized spacial score (nSPS) is 23.6. The topological polar surface area (TPSA) is 52.2 Å². The van der Waals surface area contributed by atoms with E-state index in [0.29, 0.717) is 0 Å². The van der Waals surface area contributed by atoms with E-state index in [1.54, 1.807) is 6.26 Å². The van der Waals surface area contributed by atoms with Gasteiger partial charge in [-0.25, -0.2) is 4.98 Å². The lowest BCUT2D eigenvalue weighted by molar-refractivity contribution is -0.0182. The second-order valence-corrected chi connectivity index (χ2v) is 4.90. The first-order chi connectivity index (χ1) is 9.34. The van der Waals surface area contributed by atoms with Crippen LogP contribution in [0.2, 0.25) is 0 Å². The molecule has 1 fully saturated rings. The number of nitrogens with one attached hydrogen (secondary N) is 1. The highest BCUT2D eigenvalue weighted by atomic mass is 16.5. The first-order valence-electron chi connectivity index (χ1n) is 6.69. The van der Waals surface area contributed by atoms with Gasteiger partial charge in [0.25, 0.3) is 0 Å². The molecule has 2 aromatic heterocycles. The Hall–Kier alpha value is -1.59. The average Bonchev–Trinajstić information content (AvgIpc) is 3.08. The second-order valence-electron chi connectivity index (χ2n) is 4.90. The minimum Gasteiger partial charge on any atom is -0.468 e. The van der Waals surface area contributed by atoms with Gasteiger partial charge in [0, 0.05) is 32.1 Å². The summed E-state index contributed by atoms with van der Waals surface area (Å²) in [5.74, 6) is 1.93. The number of ether oxygens (including phenoxy) is 1. The summed E-state index contributed by atoms with van der Waals surface area (Å²) in [7, 11) is 2.00. The van der Waals surface area contributed by atoms with Crippen LogP contribution in [0.4, 0.5) is 0 Å². The number of furan rings is 1. The van der Waals surface area contributed by atoms with Crippen LogP contribution in [0, 0.1) is 0 Å². The molecular weight excluding hydrogens is 242 g/mol. The number of rotatable bonds is 4. The molecule has 1 aliphatic rings. The zero-order chi connectivity index (χ0) is 13.1. The molecule has 0 radical (unpaired) electrons. The molecule has 5 nitrogen and oxygen atoms in total. The molecule has 0 bridgehead atoms. The predicted octanol–water partition coefficient (Wildman–Crippen LogP) is 2.02. The van der Waals surface area contributed by atoms with Gasteiger partial charge in [-0.15, -0.1) is 0 Å². The van der Waals surface area contributed by atoms with Crippen LogP contribution in [0.3, 0.4) is 0 Å². The van der Waals surface area contributed by atoms with Crippen molar-refractivity contribution in [2.45, 2.75) is 31.5 Å². The molecule has 0 aromatic carbocycles. The molecule has 1 saturated heterocycles. The van der Waals surface area contributed by atoms with Gasteiger partial charge in [-0.05, 0) is 25.0 Å². The number of hydrogen-bond donors (Lipinski definition) is 1. The Kier molecular flexibility index (Phi) is 3.66. The maximum absolute atomic E-state index is 5.91. The first kappa shape index (κ1) is 12.4. The summed E-state index contributed by atoms with van der Waals surface area (Å²) in [4.78, 5) is 4.41. The van der Waals surface area contributed by atoms with Crippen LogP contribution in [0.25, 0.3) is 0 Å². The molecule has 0 unspecified atom stereocenters. The maximum Gasteiger partial charge on any atom is 0.139 e. The van der Waals surface area contributed by atoms with Crippen LogP contribution in [-0.2, 0) is 18.3 Å². The Morgan fingerprint density at radius 1 is 1.53 bits per heavy atom. The minimum atomic E-state index is 0.0173. The van der Waals surface area contributed by atoms with Gasteiger partial charge in [-0.3, -0.25) is 0 Å². The van der Waals surface area contributed by atoms with Crippen molar-refractivity contribution in [3.05, 3.63) is 42.4 Å². The van der Waals surface area contributed by atoms with Crippen LogP contribution in [0.5, 0.6) is 0 Å². The molecular formula is C14H19N3O2. The van der Waals surface area contributed by atoms with Gasteiger partial charge in [0.1, 0.15) is 17.7 Å². The highest BCUT2D eigenvalue weighted by molar-refractivity contribution is 5.03. The summed E-state index contributed by atoms with van der Waals surface area (Å²) in [5, 5.41) is 3.52. The third-order valence-corrected chi connectivity index (χ3v) is 3.55. The summed E-state index contributed by atoms with van der Waals surface area (Å²) in [5.41, 5.74) is 0. The highest BCUT2D eigenvalue weighted by Crippen LogP contribution is 2.27. The number of aryl methyl sites for hydroxylation is 1. The van der Waals surface area contributed by atoms with Gasteiger partial charge < -0.3 is 19.0 Å². The third-order valence-electron chi connectivity index (χ3n) is 3.55. The average molecular weight is 261 g/mol. The molecule has 5 heteroatoms. The Labute approximate surface area is 112 Å². The van der Waals surface area contributed by atoms with Crippen LogP contribution in [0.15, 0.2) is 35.2 Å². The van der Waals surface area contributed by atoms with E-state index in [9.17, 15) is 0 Å². The number of imidazole rings is 1. The van der Waals surface area contributed by atoms with Crippen molar-refractivity contribution < 1.29 is 9.15 Å². The predicted molar refractivity (Wildman–Crippen MR) is 70.5 cm³/mol. The van der Waals surface area contributed by atoms with Crippen molar-refractivity contribution in [2.75, 3.05) is 6.61 Å². The van der Waals surface area contributed by atoms with E-state index in [2.05, 4.69) is 10.3 Å². The zero-order valence-corrected chi connectivity index (χ0v) is 11.1. The largest absolute Gasteiger partial charge is 0.468 e. The molecule has 2 atom stereocenters. The Morgan fingerprint density at radius 3 is 3.21 bits per heavy atom. The van der Waals surface area contributed by atoms with Crippen LogP contribution >= 0.6 is 0 Å². The van der Waals surface area contributed by atoms with Gasteiger partial charge in [-0.2, -0.15) is 0 Å². The van der Waals surface area contributed by atoms with Crippen molar-refractivity contribution in [1.82, 2.24) is 14.9 Å². The molecule has 102 valence electrons. The highest BCUT2D eigenvalue weighted by Gasteiger charge is 2.29. The Bertz CT molecular complexity index is 507. The zero-order valence-electron chi connectivity index (χ0n) is 11.1. The van der Waals surface area contributed by atoms with Crippen molar-refractivity contribution in [2.24, 2.45) is 7.05 Å². The summed E-state index contributed by atoms with van der Waals surface area (Å²) in [6, 6.07) is 4.16. The third kappa shape index (κ3) is 2.72. The van der Waals surface area contributed by atoms with Crippen molar-refractivity contribution in [3.8, 4) is 0 Å². The molecule has 3 heterocycles. The number of hydrogen-bond acceptors (Lipinski definition) is 4. The van der Waals surface area contributed by atoms with E-state index in [4.69, 9.17) is 9.15 Å². The standard InChI is InChI=1S/C14H19N3O2/c1-17-7-6-15-14(17)13-12(5-3-9-19-13)16-10-11-4-2-8-18-11/h2,4,6-8,12-13,16H,3,5,9-10H2,1H3/t12-,13-/m0/s1. The molecule has 1 aliphatic heterocycles. The summed E-state index contributed by atoms with van der Waals surface area (Å²) in [6.45, 7) is 1.53. The molecule has 1 N–H and O–H groups in total. The van der Waals surface area contributed by atoms with E-state index in [-0.39, 0.29) is 12.1 Å². The van der Waals surface area contributed by atoms with Crippen molar-refractivity contribution in [3.63, 3.8) is 0 Å². The quantitative estimate of drug-likeness (QED) is 0.915. The van der Waals surface area contributed by atoms with E-state index in [1.807, 2.05) is 36.1 Å². The van der Waals surface area contributed by atoms with Gasteiger partial charge in [0.15, 0.2) is 0 Å². The molecule has 19 heavy (non-hydrogen) atoms. The summed E-state index contributed by atoms with van der Waals surface area (Å²) in [6.07, 6.45) is 7.66. The van der Waals surface area contributed by atoms with E-state index in [0.717, 1.165) is 37.6 Å². The van der Waals surface area contributed by atoms with Gasteiger partial charge in [0.2, 0.25) is 0 Å². The second kappa shape index (κ2) is 5.59. The summed E-state index contributed by atoms with van der Waals surface area (Å²) < 4.78 is 13.3. The fourth-order valence-corrected chi connectivity index (χ4v) is 2.54. The fraction of sp³-hybridized carbons (Fsp3) is 0.500. The lowest BCUT2D eigenvalue weighted by atomic mass is 10.0.